The Balaban J connectivity index is 1.69. The quantitative estimate of drug-likeness (QED) is 0.771. The van der Waals surface area contributed by atoms with Crippen LogP contribution >= 0.6 is 11.8 Å². The summed E-state index contributed by atoms with van der Waals surface area (Å²) in [6.45, 7) is 5.15. The van der Waals surface area contributed by atoms with Crippen molar-refractivity contribution in [3.63, 3.8) is 0 Å². The zero-order valence-electron chi connectivity index (χ0n) is 11.8. The molecule has 1 atom stereocenters. The number of carbonyl (C=O) groups is 2. The van der Waals surface area contributed by atoms with Gasteiger partial charge in [-0.2, -0.15) is 0 Å². The normalized spacial score (nSPS) is 21.3. The fraction of sp³-hybridized carbons (Fsp3) is 0.615. The molecule has 7 heteroatoms. The molecule has 0 saturated carbocycles. The van der Waals surface area contributed by atoms with Gasteiger partial charge in [0.15, 0.2) is 0 Å². The summed E-state index contributed by atoms with van der Waals surface area (Å²) in [4.78, 5) is 27.7. The maximum atomic E-state index is 12.0. The lowest BCUT2D eigenvalue weighted by atomic mass is 10.1. The van der Waals surface area contributed by atoms with Crippen molar-refractivity contribution in [2.75, 3.05) is 12.3 Å². The molecule has 2 amide bonds. The van der Waals surface area contributed by atoms with Crippen LogP contribution < -0.4 is 10.6 Å². The minimum atomic E-state index is -0.446. The first kappa shape index (κ1) is 14.9. The van der Waals surface area contributed by atoms with Crippen LogP contribution in [0.3, 0.4) is 0 Å². The van der Waals surface area contributed by atoms with Crippen LogP contribution in [0, 0.1) is 0 Å². The second-order valence-corrected chi connectivity index (χ2v) is 6.94. The molecule has 0 aromatic carbocycles. The summed E-state index contributed by atoms with van der Waals surface area (Å²) < 4.78 is 1.52. The molecule has 1 saturated heterocycles. The molecule has 1 aliphatic heterocycles. The maximum Gasteiger partial charge on any atom is 0.243 e. The highest BCUT2D eigenvalue weighted by Gasteiger charge is 2.37. The van der Waals surface area contributed by atoms with E-state index in [9.17, 15) is 9.59 Å². The lowest BCUT2D eigenvalue weighted by molar-refractivity contribution is -0.129. The minimum absolute atomic E-state index is 0.0766. The van der Waals surface area contributed by atoms with Crippen LogP contribution in [0.4, 0.5) is 0 Å². The van der Waals surface area contributed by atoms with Gasteiger partial charge < -0.3 is 15.2 Å². The van der Waals surface area contributed by atoms with Gasteiger partial charge in [0.2, 0.25) is 11.8 Å². The summed E-state index contributed by atoms with van der Waals surface area (Å²) in [5.74, 6) is 0.436. The highest BCUT2D eigenvalue weighted by molar-refractivity contribution is 8.01. The Kier molecular flexibility index (Phi) is 4.69. The summed E-state index contributed by atoms with van der Waals surface area (Å²) >= 11 is 1.52. The average molecular weight is 296 g/mol. The second-order valence-electron chi connectivity index (χ2n) is 5.29. The zero-order chi connectivity index (χ0) is 14.6. The molecule has 0 aliphatic carbocycles. The Bertz CT molecular complexity index is 473. The number of aryl methyl sites for hydroxylation is 1. The van der Waals surface area contributed by atoms with E-state index < -0.39 is 10.8 Å². The van der Waals surface area contributed by atoms with E-state index in [-0.39, 0.29) is 11.8 Å². The molecule has 0 spiro atoms. The number of hydrogen-bond donors (Lipinski definition) is 2. The number of imidazole rings is 1. The summed E-state index contributed by atoms with van der Waals surface area (Å²) in [5, 5.41) is 5.64. The number of carbonyl (C=O) groups excluding carboxylic acids is 2. The largest absolute Gasteiger partial charge is 0.354 e. The SMILES string of the molecule is CC1(C)SC[C@H](C(=O)NCCCn2ccnc2)NC1=O. The number of nitrogens with one attached hydrogen (secondary N) is 2. The molecule has 20 heavy (non-hydrogen) atoms. The molecule has 2 rings (SSSR count). The van der Waals surface area contributed by atoms with Gasteiger partial charge in [0.25, 0.3) is 0 Å². The van der Waals surface area contributed by atoms with Crippen LogP contribution in [0.25, 0.3) is 0 Å². The Morgan fingerprint density at radius 1 is 1.65 bits per heavy atom. The third-order valence-electron chi connectivity index (χ3n) is 3.23. The monoisotopic (exact) mass is 296 g/mol. The van der Waals surface area contributed by atoms with Crippen LogP contribution in [0.15, 0.2) is 18.7 Å². The molecule has 1 aliphatic rings. The van der Waals surface area contributed by atoms with Crippen LogP contribution in [0.2, 0.25) is 0 Å². The number of rotatable bonds is 5. The fourth-order valence-corrected chi connectivity index (χ4v) is 2.90. The van der Waals surface area contributed by atoms with Gasteiger partial charge >= 0.3 is 0 Å². The van der Waals surface area contributed by atoms with E-state index in [0.29, 0.717) is 12.3 Å². The second kappa shape index (κ2) is 6.30. The molecule has 0 radical (unpaired) electrons. The van der Waals surface area contributed by atoms with Crippen molar-refractivity contribution >= 4 is 23.6 Å². The van der Waals surface area contributed by atoms with Gasteiger partial charge in [0, 0.05) is 31.2 Å². The number of thioether (sulfide) groups is 1. The number of aromatic nitrogens is 2. The van der Waals surface area contributed by atoms with Crippen molar-refractivity contribution in [3.8, 4) is 0 Å². The van der Waals surface area contributed by atoms with Crippen LogP contribution in [0.5, 0.6) is 0 Å². The Morgan fingerprint density at radius 3 is 3.10 bits per heavy atom. The molecule has 1 aromatic rings. The first-order chi connectivity index (χ1) is 9.49. The van der Waals surface area contributed by atoms with E-state index in [2.05, 4.69) is 15.6 Å². The van der Waals surface area contributed by atoms with Crippen molar-refractivity contribution in [1.82, 2.24) is 20.2 Å². The van der Waals surface area contributed by atoms with Crippen LogP contribution in [-0.2, 0) is 16.1 Å². The molecule has 6 nitrogen and oxygen atoms in total. The number of nitrogens with zero attached hydrogens (tertiary/aromatic N) is 2. The van der Waals surface area contributed by atoms with E-state index in [0.717, 1.165) is 13.0 Å². The third-order valence-corrected chi connectivity index (χ3v) is 4.64. The van der Waals surface area contributed by atoms with Gasteiger partial charge in [-0.05, 0) is 20.3 Å². The zero-order valence-corrected chi connectivity index (χ0v) is 12.6. The summed E-state index contributed by atoms with van der Waals surface area (Å²) in [6.07, 6.45) is 6.21. The van der Waals surface area contributed by atoms with Gasteiger partial charge in [0.1, 0.15) is 6.04 Å². The molecular weight excluding hydrogens is 276 g/mol. The molecule has 0 unspecified atom stereocenters. The van der Waals surface area contributed by atoms with Crippen LogP contribution in [0.1, 0.15) is 20.3 Å². The summed E-state index contributed by atoms with van der Waals surface area (Å²) in [5.41, 5.74) is 0. The van der Waals surface area contributed by atoms with Crippen molar-refractivity contribution < 1.29 is 9.59 Å². The molecule has 1 aromatic heterocycles. The van der Waals surface area contributed by atoms with Gasteiger partial charge in [-0.25, -0.2) is 4.98 Å². The van der Waals surface area contributed by atoms with E-state index in [4.69, 9.17) is 0 Å². The summed E-state index contributed by atoms with van der Waals surface area (Å²) in [6, 6.07) is -0.422. The van der Waals surface area contributed by atoms with Gasteiger partial charge in [-0.15, -0.1) is 11.8 Å². The number of hydrogen-bond acceptors (Lipinski definition) is 4. The van der Waals surface area contributed by atoms with Gasteiger partial charge in [-0.1, -0.05) is 0 Å². The maximum absolute atomic E-state index is 12.0. The molecule has 1 fully saturated rings. The highest BCUT2D eigenvalue weighted by Crippen LogP contribution is 2.28. The van der Waals surface area contributed by atoms with Crippen LogP contribution in [-0.4, -0.2) is 44.5 Å². The standard InChI is InChI=1S/C13H20N4O2S/c1-13(2)12(19)16-10(8-20-13)11(18)15-4-3-6-17-7-5-14-9-17/h5,7,9-10H,3-4,6,8H2,1-2H3,(H,15,18)(H,16,19)/t10-/m1/s1. The molecule has 0 bridgehead atoms. The first-order valence-electron chi connectivity index (χ1n) is 6.67. The Labute approximate surface area is 122 Å². The predicted molar refractivity (Wildman–Crippen MR) is 78.3 cm³/mol. The average Bonchev–Trinajstić information content (AvgIpc) is 2.91. The molecule has 2 heterocycles. The van der Waals surface area contributed by atoms with Crippen molar-refractivity contribution in [3.05, 3.63) is 18.7 Å². The lowest BCUT2D eigenvalue weighted by Gasteiger charge is -2.32. The van der Waals surface area contributed by atoms with Crippen molar-refractivity contribution in [2.24, 2.45) is 0 Å². The van der Waals surface area contributed by atoms with Crippen molar-refractivity contribution in [1.29, 1.82) is 0 Å². The van der Waals surface area contributed by atoms with Gasteiger partial charge in [-0.3, -0.25) is 9.59 Å². The third kappa shape index (κ3) is 3.75. The predicted octanol–water partition coefficient (Wildman–Crippen LogP) is 0.400. The van der Waals surface area contributed by atoms with E-state index in [1.807, 2.05) is 24.6 Å². The van der Waals surface area contributed by atoms with Gasteiger partial charge in [0.05, 0.1) is 11.1 Å². The minimum Gasteiger partial charge on any atom is -0.354 e. The van der Waals surface area contributed by atoms with E-state index >= 15 is 0 Å². The summed E-state index contributed by atoms with van der Waals surface area (Å²) in [7, 11) is 0. The first-order valence-corrected chi connectivity index (χ1v) is 7.66. The molecular formula is C13H20N4O2S. The fourth-order valence-electron chi connectivity index (χ4n) is 1.89. The Morgan fingerprint density at radius 2 is 2.45 bits per heavy atom. The topological polar surface area (TPSA) is 76.0 Å². The molecule has 110 valence electrons. The smallest absolute Gasteiger partial charge is 0.243 e. The van der Waals surface area contributed by atoms with Crippen molar-refractivity contribution in [2.45, 2.75) is 37.6 Å². The van der Waals surface area contributed by atoms with E-state index in [1.54, 1.807) is 12.5 Å². The highest BCUT2D eigenvalue weighted by atomic mass is 32.2. The molecule has 2 N–H and O–H groups in total. The lowest BCUT2D eigenvalue weighted by Crippen LogP contribution is -2.57. The Hall–Kier alpha value is -1.50. The number of amides is 2. The van der Waals surface area contributed by atoms with E-state index in [1.165, 1.54) is 11.8 Å².